The van der Waals surface area contributed by atoms with Crippen molar-refractivity contribution >= 4 is 26.6 Å². The van der Waals surface area contributed by atoms with Gasteiger partial charge >= 0.3 is 110 Å². The number of hydrogen-bond acceptors (Lipinski definition) is 4. The van der Waals surface area contributed by atoms with E-state index in [9.17, 15) is 8.42 Å². The average molecular weight is 329 g/mol. The van der Waals surface area contributed by atoms with Gasteiger partial charge in [0, 0.05) is 0 Å². The first kappa shape index (κ1) is 13.0. The van der Waals surface area contributed by atoms with Crippen molar-refractivity contribution in [1.82, 2.24) is 0 Å². The summed E-state index contributed by atoms with van der Waals surface area (Å²) in [5, 5.41) is 18.3. The van der Waals surface area contributed by atoms with E-state index in [4.69, 9.17) is 10.2 Å². The first-order valence-electron chi connectivity index (χ1n) is 5.00. The van der Waals surface area contributed by atoms with Crippen LogP contribution >= 0.6 is 0 Å². The van der Waals surface area contributed by atoms with Crippen LogP contribution in [0.5, 0.6) is 11.5 Å². The Hall–Kier alpha value is -1.49. The second kappa shape index (κ2) is 5.02. The Kier molecular flexibility index (Phi) is 3.61. The maximum absolute atomic E-state index is 12.1. The van der Waals surface area contributed by atoms with Gasteiger partial charge in [-0.05, 0) is 0 Å². The van der Waals surface area contributed by atoms with Crippen LogP contribution in [0.15, 0.2) is 53.4 Å². The van der Waals surface area contributed by atoms with Gasteiger partial charge in [0.05, 0.1) is 0 Å². The van der Waals surface area contributed by atoms with Crippen LogP contribution in [0.2, 0.25) is 0 Å². The molecule has 0 heterocycles. The molecule has 0 atom stereocenters. The molecule has 2 aromatic carbocycles. The van der Waals surface area contributed by atoms with Crippen molar-refractivity contribution in [2.45, 2.75) is 4.90 Å². The zero-order valence-corrected chi connectivity index (χ0v) is 11.7. The zero-order chi connectivity index (χ0) is 13.2. The van der Waals surface area contributed by atoms with Crippen molar-refractivity contribution in [3.63, 3.8) is 0 Å². The van der Waals surface area contributed by atoms with E-state index in [1.165, 1.54) is 36.4 Å². The molecule has 0 saturated heterocycles. The summed E-state index contributed by atoms with van der Waals surface area (Å²) in [5.74, 6) is 0.141. The van der Waals surface area contributed by atoms with Crippen LogP contribution < -0.4 is 4.46 Å². The molecule has 0 aliphatic heterocycles. The van der Waals surface area contributed by atoms with Crippen LogP contribution in [0, 0.1) is 0 Å². The minimum absolute atomic E-state index is 0.0334. The van der Waals surface area contributed by atoms with Crippen LogP contribution in [-0.2, 0) is 8.26 Å². The van der Waals surface area contributed by atoms with Gasteiger partial charge in [0.25, 0.3) is 0 Å². The molecule has 2 aromatic rings. The molecule has 2 rings (SSSR count). The topological polar surface area (TPSA) is 74.6 Å². The van der Waals surface area contributed by atoms with E-state index in [0.717, 1.165) is 0 Å². The fraction of sp³-hybridized carbons (Fsp3) is 0. The summed E-state index contributed by atoms with van der Waals surface area (Å²) in [7, 11) is -3.37. The minimum atomic E-state index is -3.37. The molecule has 0 radical (unpaired) electrons. The van der Waals surface area contributed by atoms with Crippen molar-refractivity contribution in [1.29, 1.82) is 0 Å². The van der Waals surface area contributed by atoms with Gasteiger partial charge in [-0.3, -0.25) is 0 Å². The third-order valence-electron chi connectivity index (χ3n) is 2.17. The van der Waals surface area contributed by atoms with Crippen LogP contribution in [0.1, 0.15) is 0 Å². The van der Waals surface area contributed by atoms with E-state index in [-0.39, 0.29) is 16.4 Å². The summed E-state index contributed by atoms with van der Waals surface area (Å²) < 4.78 is 24.8. The van der Waals surface area contributed by atoms with E-state index in [1.54, 1.807) is 12.1 Å². The molecule has 0 spiro atoms. The predicted octanol–water partition coefficient (Wildman–Crippen LogP) is 0.816. The molecule has 94 valence electrons. The molecule has 0 amide bonds. The second-order valence-electron chi connectivity index (χ2n) is 3.53. The molecule has 0 bridgehead atoms. The Morgan fingerprint density at radius 2 is 1.22 bits per heavy atom. The van der Waals surface area contributed by atoms with E-state index >= 15 is 0 Å². The number of hydrogen-bond donors (Lipinski definition) is 2. The summed E-state index contributed by atoms with van der Waals surface area (Å²) in [6.45, 7) is 0. The van der Waals surface area contributed by atoms with Crippen molar-refractivity contribution < 1.29 is 18.6 Å². The Morgan fingerprint density at radius 3 is 1.72 bits per heavy atom. The SMILES string of the molecule is O=S(=O)([Se]c1ccc(O)cc1)c1ccc(O)cc1. The van der Waals surface area contributed by atoms with Crippen molar-refractivity contribution in [2.24, 2.45) is 0 Å². The summed E-state index contributed by atoms with van der Waals surface area (Å²) in [4.78, 5) is 0.188. The third kappa shape index (κ3) is 3.04. The maximum atomic E-state index is 12.1. The summed E-state index contributed by atoms with van der Waals surface area (Å²) >= 11 is -0.766. The fourth-order valence-electron chi connectivity index (χ4n) is 1.29. The number of aromatic hydroxyl groups is 2. The molecule has 0 fully saturated rings. The van der Waals surface area contributed by atoms with Gasteiger partial charge in [0.2, 0.25) is 0 Å². The fourth-order valence-corrected chi connectivity index (χ4v) is 6.10. The number of phenols is 2. The van der Waals surface area contributed by atoms with E-state index < -0.39 is 22.1 Å². The van der Waals surface area contributed by atoms with Gasteiger partial charge in [-0.1, -0.05) is 0 Å². The zero-order valence-electron chi connectivity index (χ0n) is 9.15. The first-order valence-corrected chi connectivity index (χ1v) is 9.36. The molecule has 0 saturated carbocycles. The normalized spacial score (nSPS) is 11.3. The Labute approximate surface area is 110 Å². The summed E-state index contributed by atoms with van der Waals surface area (Å²) in [6, 6.07) is 11.6. The molecule has 0 unspecified atom stereocenters. The van der Waals surface area contributed by atoms with Crippen molar-refractivity contribution in [2.75, 3.05) is 0 Å². The summed E-state index contributed by atoms with van der Waals surface area (Å²) in [6.07, 6.45) is 0. The molecular weight excluding hydrogens is 319 g/mol. The molecule has 2 N–H and O–H groups in total. The van der Waals surface area contributed by atoms with E-state index in [1.807, 2.05) is 0 Å². The summed E-state index contributed by atoms with van der Waals surface area (Å²) in [5.41, 5.74) is 0. The quantitative estimate of drug-likeness (QED) is 0.818. The van der Waals surface area contributed by atoms with Gasteiger partial charge < -0.3 is 0 Å². The number of benzene rings is 2. The number of rotatable bonds is 3. The van der Waals surface area contributed by atoms with Gasteiger partial charge in [-0.15, -0.1) is 0 Å². The Balaban J connectivity index is 2.27. The van der Waals surface area contributed by atoms with Crippen LogP contribution in [0.25, 0.3) is 0 Å². The van der Waals surface area contributed by atoms with Crippen LogP contribution in [0.3, 0.4) is 0 Å². The number of phenolic OH excluding ortho intramolecular Hbond substituents is 2. The van der Waals surface area contributed by atoms with Crippen molar-refractivity contribution in [3.05, 3.63) is 48.5 Å². The van der Waals surface area contributed by atoms with Gasteiger partial charge in [0.15, 0.2) is 0 Å². The second-order valence-corrected chi connectivity index (χ2v) is 9.87. The molecule has 6 heteroatoms. The monoisotopic (exact) mass is 330 g/mol. The van der Waals surface area contributed by atoms with Gasteiger partial charge in [-0.25, -0.2) is 0 Å². The molecule has 0 aliphatic carbocycles. The molecular formula is C12H10O4SSe. The van der Waals surface area contributed by atoms with Gasteiger partial charge in [-0.2, -0.15) is 0 Å². The van der Waals surface area contributed by atoms with Crippen molar-refractivity contribution in [3.8, 4) is 11.5 Å². The van der Waals surface area contributed by atoms with Crippen LogP contribution in [-0.4, -0.2) is 32.5 Å². The molecule has 18 heavy (non-hydrogen) atoms. The standard InChI is InChI=1S/C12H10O4SSe/c13-9-1-5-11(6-2-9)17(15,16)18-12-7-3-10(14)4-8-12/h1-8,13-14H. The predicted molar refractivity (Wildman–Crippen MR) is 68.8 cm³/mol. The Bertz CT molecular complexity index is 633. The average Bonchev–Trinajstić information content (AvgIpc) is 2.32. The molecule has 0 aromatic heterocycles. The van der Waals surface area contributed by atoms with E-state index in [0.29, 0.717) is 4.46 Å². The first-order chi connectivity index (χ1) is 8.47. The third-order valence-corrected chi connectivity index (χ3v) is 7.80. The van der Waals surface area contributed by atoms with Crippen LogP contribution in [0.4, 0.5) is 0 Å². The Morgan fingerprint density at radius 1 is 0.778 bits per heavy atom. The molecule has 4 nitrogen and oxygen atoms in total. The van der Waals surface area contributed by atoms with Gasteiger partial charge in [0.1, 0.15) is 0 Å². The van der Waals surface area contributed by atoms with E-state index in [2.05, 4.69) is 0 Å². The molecule has 0 aliphatic rings.